The molecule has 0 heterocycles. The smallest absolute Gasteiger partial charge is 0.338 e. The fraction of sp³-hybridized carbons (Fsp3) is 0.469. The lowest BCUT2D eigenvalue weighted by molar-refractivity contribution is -0.307. The fourth-order valence-electron chi connectivity index (χ4n) is 11.2. The molecule has 5 N–H and O–H groups in total. The molecule has 0 aliphatic heterocycles. The van der Waals surface area contributed by atoms with E-state index in [1.54, 1.807) is 78.9 Å². The highest BCUT2D eigenvalue weighted by Gasteiger charge is 2.78. The van der Waals surface area contributed by atoms with E-state index in [0.29, 0.717) is 18.4 Å². The summed E-state index contributed by atoms with van der Waals surface area (Å²) in [5, 5.41) is 52.3. The Hall–Kier alpha value is -5.74. The highest BCUT2D eigenvalue weighted by Crippen LogP contribution is 2.67. The number of fused-ring (bicyclic) bond motifs is 4. The van der Waals surface area contributed by atoms with Crippen LogP contribution in [0.25, 0.3) is 0 Å². The lowest BCUT2D eigenvalue weighted by Gasteiger charge is -2.68. The molecule has 15 nitrogen and oxygen atoms in total. The molecule has 15 heteroatoms. The van der Waals surface area contributed by atoms with Crippen LogP contribution in [0.5, 0.6) is 0 Å². The third kappa shape index (κ3) is 7.51. The second-order valence-electron chi connectivity index (χ2n) is 18.3. The average Bonchev–Trinajstić information content (AvgIpc) is 3.25. The summed E-state index contributed by atoms with van der Waals surface area (Å²) in [6, 6.07) is 22.8. The molecule has 64 heavy (non-hydrogen) atoms. The van der Waals surface area contributed by atoms with Crippen molar-refractivity contribution in [2.45, 2.75) is 109 Å². The van der Waals surface area contributed by atoms with Gasteiger partial charge in [-0.15, -0.1) is 0 Å². The fourth-order valence-corrected chi connectivity index (χ4v) is 11.2. The van der Waals surface area contributed by atoms with Gasteiger partial charge in [-0.1, -0.05) is 80.6 Å². The van der Waals surface area contributed by atoms with Crippen molar-refractivity contribution in [1.82, 2.24) is 5.32 Å². The van der Waals surface area contributed by atoms with Crippen molar-refractivity contribution in [1.29, 1.82) is 0 Å². The molecule has 0 aromatic heterocycles. The van der Waals surface area contributed by atoms with Gasteiger partial charge in [0.25, 0.3) is 5.91 Å². The molecule has 0 saturated heterocycles. The minimum atomic E-state index is -2.47. The minimum absolute atomic E-state index is 0.0313. The summed E-state index contributed by atoms with van der Waals surface area (Å²) in [7, 11) is 0. The first-order chi connectivity index (χ1) is 30.2. The highest BCUT2D eigenvalue weighted by atomic mass is 16.6. The second kappa shape index (κ2) is 17.3. The molecule has 2 bridgehead atoms. The molecule has 4 aliphatic carbocycles. The van der Waals surface area contributed by atoms with E-state index in [1.807, 2.05) is 0 Å². The normalized spacial score (nSPS) is 32.4. The Kier molecular flexibility index (Phi) is 12.5. The maximum absolute atomic E-state index is 15.7. The number of hydrogen-bond donors (Lipinski definition) is 5. The van der Waals surface area contributed by atoms with Crippen LogP contribution < -0.4 is 5.32 Å². The van der Waals surface area contributed by atoms with Gasteiger partial charge in [0.15, 0.2) is 18.0 Å². The standard InChI is InChI=1S/C49H55NO14/c1-26-34(62-45(59)37(54)36(29-16-10-7-11-17-29)50-43(57)30-18-12-8-13-19-30)24-49(60)42(63-44(58)31-20-14-9-15-21-31)39-47(6,41(56)38(61-27(2)52)35(26)46(49,4)5)40(55)32-22-23-33(32)48(39,25-51)64-28(3)53/h7-21,32-34,36-40,42,51,54-55,60H,22-25H2,1-6H3,(H,50,57)/t32?,33-,34+,36+,37-,38-,39+,40+,42+,47+,48+,49-/m1/s1. The van der Waals surface area contributed by atoms with Crippen LogP contribution in [-0.2, 0) is 38.1 Å². The van der Waals surface area contributed by atoms with Gasteiger partial charge >= 0.3 is 23.9 Å². The van der Waals surface area contributed by atoms with Crippen molar-refractivity contribution >= 4 is 35.6 Å². The summed E-state index contributed by atoms with van der Waals surface area (Å²) in [5.74, 6) is -8.73. The maximum Gasteiger partial charge on any atom is 0.338 e. The van der Waals surface area contributed by atoms with E-state index in [1.165, 1.54) is 39.8 Å². The summed E-state index contributed by atoms with van der Waals surface area (Å²) in [6.07, 6.45) is -8.85. The summed E-state index contributed by atoms with van der Waals surface area (Å²) in [6.45, 7) is 7.23. The molecule has 340 valence electrons. The number of ether oxygens (including phenoxy) is 4. The number of hydrogen-bond acceptors (Lipinski definition) is 14. The summed E-state index contributed by atoms with van der Waals surface area (Å²) in [4.78, 5) is 84.2. The van der Waals surface area contributed by atoms with E-state index in [4.69, 9.17) is 18.9 Å². The molecular formula is C49H55NO14. The van der Waals surface area contributed by atoms with Crippen molar-refractivity contribution in [3.63, 3.8) is 0 Å². The van der Waals surface area contributed by atoms with Gasteiger partial charge in [-0.25, -0.2) is 9.59 Å². The Morgan fingerprint density at radius 2 is 1.39 bits per heavy atom. The van der Waals surface area contributed by atoms with Crippen LogP contribution in [0, 0.1) is 28.6 Å². The van der Waals surface area contributed by atoms with Gasteiger partial charge in [0.1, 0.15) is 23.4 Å². The molecule has 0 spiro atoms. The molecule has 1 amide bonds. The number of amides is 1. The van der Waals surface area contributed by atoms with Gasteiger partial charge in [-0.3, -0.25) is 19.2 Å². The van der Waals surface area contributed by atoms with Crippen LogP contribution in [-0.4, -0.2) is 104 Å². The Balaban J connectivity index is 1.41. The van der Waals surface area contributed by atoms with Crippen molar-refractivity contribution < 1.29 is 68.1 Å². The lowest BCUT2D eigenvalue weighted by Crippen LogP contribution is -2.80. The number of carbonyl (C=O) groups is 6. The molecule has 0 radical (unpaired) electrons. The Morgan fingerprint density at radius 3 is 1.92 bits per heavy atom. The second-order valence-corrected chi connectivity index (χ2v) is 18.3. The summed E-state index contributed by atoms with van der Waals surface area (Å²) >= 11 is 0. The molecule has 3 aromatic carbocycles. The minimum Gasteiger partial charge on any atom is -0.456 e. The van der Waals surface area contributed by atoms with E-state index < -0.39 is 125 Å². The first-order valence-corrected chi connectivity index (χ1v) is 21.4. The summed E-state index contributed by atoms with van der Waals surface area (Å²) in [5.41, 5.74) is -7.67. The molecule has 3 aromatic rings. The van der Waals surface area contributed by atoms with Gasteiger partial charge in [0.2, 0.25) is 0 Å². The number of rotatable bonds is 11. The largest absolute Gasteiger partial charge is 0.456 e. The molecule has 7 rings (SSSR count). The zero-order valence-electron chi connectivity index (χ0n) is 36.6. The molecule has 3 fully saturated rings. The van der Waals surface area contributed by atoms with Crippen molar-refractivity contribution in [2.75, 3.05) is 6.61 Å². The van der Waals surface area contributed by atoms with Gasteiger partial charge in [0.05, 0.1) is 35.6 Å². The zero-order valence-corrected chi connectivity index (χ0v) is 36.6. The average molecular weight is 882 g/mol. The maximum atomic E-state index is 15.7. The van der Waals surface area contributed by atoms with Crippen molar-refractivity contribution in [3.05, 3.63) is 119 Å². The third-order valence-corrected chi connectivity index (χ3v) is 14.5. The van der Waals surface area contributed by atoms with E-state index in [0.717, 1.165) is 13.8 Å². The van der Waals surface area contributed by atoms with Crippen LogP contribution in [0.3, 0.4) is 0 Å². The number of nitrogens with one attached hydrogen (secondary N) is 1. The molecular weight excluding hydrogens is 827 g/mol. The topological polar surface area (TPSA) is 232 Å². The predicted octanol–water partition coefficient (Wildman–Crippen LogP) is 3.97. The van der Waals surface area contributed by atoms with E-state index in [2.05, 4.69) is 5.32 Å². The lowest BCUT2D eigenvalue weighted by atomic mass is 9.40. The molecule has 12 atom stereocenters. The Morgan fingerprint density at radius 1 is 0.812 bits per heavy atom. The number of Topliss-reactive ketones (excluding diaryl/α,β-unsaturated/α-hetero) is 1. The first-order valence-electron chi connectivity index (χ1n) is 21.4. The number of aliphatic hydroxyl groups is 4. The van der Waals surface area contributed by atoms with Crippen molar-refractivity contribution in [3.8, 4) is 0 Å². The number of ketones is 1. The highest BCUT2D eigenvalue weighted by molar-refractivity contribution is 5.96. The quantitative estimate of drug-likeness (QED) is 0.104. The van der Waals surface area contributed by atoms with Gasteiger partial charge in [-0.05, 0) is 73.6 Å². The van der Waals surface area contributed by atoms with E-state index >= 15 is 4.79 Å². The van der Waals surface area contributed by atoms with E-state index in [9.17, 15) is 44.4 Å². The monoisotopic (exact) mass is 881 g/mol. The third-order valence-electron chi connectivity index (χ3n) is 14.5. The van der Waals surface area contributed by atoms with Crippen LogP contribution >= 0.6 is 0 Å². The number of esters is 4. The molecule has 4 aliphatic rings. The van der Waals surface area contributed by atoms with Crippen LogP contribution in [0.2, 0.25) is 0 Å². The SMILES string of the molecule is CC(=O)O[C@H]1C(=O)[C@@]2(C)[C@H]([C@H](OC(=O)c3ccccc3)[C@]3(O)C[C@H](OC(=O)[C@H](O)[C@@H](NC(=O)c4ccccc4)c4ccccc4)C(C)=C1C3(C)C)[C@@](CO)(OC(C)=O)[C@@H]1CCC1[C@@H]2O. The van der Waals surface area contributed by atoms with Crippen molar-refractivity contribution in [2.24, 2.45) is 28.6 Å². The Labute approximate surface area is 370 Å². The van der Waals surface area contributed by atoms with Crippen LogP contribution in [0.4, 0.5) is 0 Å². The molecule has 3 saturated carbocycles. The van der Waals surface area contributed by atoms with E-state index in [-0.39, 0.29) is 22.3 Å². The predicted molar refractivity (Wildman–Crippen MR) is 227 cm³/mol. The Bertz CT molecular complexity index is 2330. The molecule has 1 unspecified atom stereocenters. The number of benzene rings is 3. The van der Waals surface area contributed by atoms with Gasteiger partial charge in [0, 0.05) is 37.2 Å². The zero-order chi connectivity index (χ0) is 46.5. The van der Waals surface area contributed by atoms with Crippen LogP contribution in [0.1, 0.15) is 93.1 Å². The van der Waals surface area contributed by atoms with Gasteiger partial charge < -0.3 is 44.7 Å². The number of aliphatic hydroxyl groups excluding tert-OH is 3. The first kappa shape index (κ1) is 46.3. The van der Waals surface area contributed by atoms with Gasteiger partial charge in [-0.2, -0.15) is 0 Å². The van der Waals surface area contributed by atoms with Crippen LogP contribution in [0.15, 0.2) is 102 Å². The number of carbonyl (C=O) groups excluding carboxylic acids is 6. The summed E-state index contributed by atoms with van der Waals surface area (Å²) < 4.78 is 24.5.